The lowest BCUT2D eigenvalue weighted by atomic mass is 10.2. The molecule has 0 radical (unpaired) electrons. The Hall–Kier alpha value is -1.95. The van der Waals surface area contributed by atoms with Gasteiger partial charge in [0.2, 0.25) is 0 Å². The maximum Gasteiger partial charge on any atom is 0.143 e. The Morgan fingerprint density at radius 1 is 1.35 bits per heavy atom. The van der Waals surface area contributed by atoms with Crippen molar-refractivity contribution in [1.82, 2.24) is 25.5 Å². The number of nitrogens with zero attached hydrogens (tertiary/aromatic N) is 4. The first-order valence-electron chi connectivity index (χ1n) is 5.73. The highest BCUT2D eigenvalue weighted by molar-refractivity contribution is 5.60. The lowest BCUT2D eigenvalue weighted by Crippen LogP contribution is -2.22. The maximum atomic E-state index is 3.92. The van der Waals surface area contributed by atoms with E-state index >= 15 is 0 Å². The lowest BCUT2D eigenvalue weighted by molar-refractivity contribution is 0.772. The fourth-order valence-corrected chi connectivity index (χ4v) is 2.06. The zero-order chi connectivity index (χ0) is 11.5. The molecule has 6 heteroatoms. The normalized spacial score (nSPS) is 19.4. The Morgan fingerprint density at radius 2 is 2.29 bits per heavy atom. The highest BCUT2D eigenvalue weighted by atomic mass is 15.5. The first-order valence-corrected chi connectivity index (χ1v) is 5.73. The van der Waals surface area contributed by atoms with Gasteiger partial charge in [0.15, 0.2) is 0 Å². The van der Waals surface area contributed by atoms with E-state index in [1.807, 2.05) is 18.2 Å². The lowest BCUT2D eigenvalue weighted by Gasteiger charge is -2.15. The summed E-state index contributed by atoms with van der Waals surface area (Å²) in [6.45, 7) is 2.08. The van der Waals surface area contributed by atoms with Gasteiger partial charge in [0, 0.05) is 12.6 Å². The van der Waals surface area contributed by atoms with Gasteiger partial charge in [-0.1, -0.05) is 12.1 Å². The molecule has 1 unspecified atom stereocenters. The van der Waals surface area contributed by atoms with Gasteiger partial charge in [0.1, 0.15) is 6.33 Å². The van der Waals surface area contributed by atoms with E-state index in [0.29, 0.717) is 6.04 Å². The van der Waals surface area contributed by atoms with Gasteiger partial charge >= 0.3 is 0 Å². The molecule has 1 saturated heterocycles. The fraction of sp³-hybridized carbons (Fsp3) is 0.364. The highest BCUT2D eigenvalue weighted by Crippen LogP contribution is 2.20. The summed E-state index contributed by atoms with van der Waals surface area (Å²) < 4.78 is 1.67. The summed E-state index contributed by atoms with van der Waals surface area (Å²) in [6, 6.07) is 8.52. The monoisotopic (exact) mass is 230 g/mol. The van der Waals surface area contributed by atoms with Gasteiger partial charge in [-0.15, -0.1) is 5.10 Å². The largest absolute Gasteiger partial charge is 0.379 e. The average Bonchev–Trinajstić information content (AvgIpc) is 3.01. The van der Waals surface area contributed by atoms with Crippen molar-refractivity contribution in [2.45, 2.75) is 12.5 Å². The minimum absolute atomic E-state index is 0.479. The summed E-state index contributed by atoms with van der Waals surface area (Å²) in [5.74, 6) is 0. The van der Waals surface area contributed by atoms with Gasteiger partial charge in [0.25, 0.3) is 0 Å². The number of hydrogen-bond acceptors (Lipinski definition) is 5. The Morgan fingerprint density at radius 3 is 3.06 bits per heavy atom. The Labute approximate surface area is 99.0 Å². The Balaban J connectivity index is 1.88. The first kappa shape index (κ1) is 10.2. The number of aromatic nitrogens is 4. The molecule has 88 valence electrons. The number of para-hydroxylation sites is 2. The van der Waals surface area contributed by atoms with Gasteiger partial charge in [0.05, 0.1) is 11.4 Å². The molecule has 17 heavy (non-hydrogen) atoms. The van der Waals surface area contributed by atoms with E-state index in [1.165, 1.54) is 0 Å². The van der Waals surface area contributed by atoms with Crippen molar-refractivity contribution < 1.29 is 0 Å². The van der Waals surface area contributed by atoms with E-state index in [1.54, 1.807) is 11.0 Å². The predicted molar refractivity (Wildman–Crippen MR) is 64.1 cm³/mol. The molecule has 2 aromatic rings. The van der Waals surface area contributed by atoms with E-state index in [2.05, 4.69) is 32.2 Å². The maximum absolute atomic E-state index is 3.92. The SMILES string of the molecule is c1ccc(-n2cnnn2)c(NC2CCNC2)c1. The third-order valence-electron chi connectivity index (χ3n) is 2.92. The van der Waals surface area contributed by atoms with E-state index in [9.17, 15) is 0 Å². The van der Waals surface area contributed by atoms with Gasteiger partial charge in [-0.3, -0.25) is 0 Å². The molecule has 1 atom stereocenters. The Kier molecular flexibility index (Phi) is 2.71. The standard InChI is InChI=1S/C11H14N6/c1-2-4-11(17-8-13-15-16-17)10(3-1)14-9-5-6-12-7-9/h1-4,8-9,12,14H,5-7H2. The quantitative estimate of drug-likeness (QED) is 0.800. The van der Waals surface area contributed by atoms with E-state index in [4.69, 9.17) is 0 Å². The number of anilines is 1. The molecule has 0 saturated carbocycles. The van der Waals surface area contributed by atoms with Crippen molar-refractivity contribution in [2.24, 2.45) is 0 Å². The molecular formula is C11H14N6. The molecule has 0 aliphatic carbocycles. The molecule has 1 fully saturated rings. The van der Waals surface area contributed by atoms with Crippen LogP contribution in [-0.2, 0) is 0 Å². The van der Waals surface area contributed by atoms with Gasteiger partial charge in [-0.25, -0.2) is 0 Å². The number of benzene rings is 1. The summed E-state index contributed by atoms with van der Waals surface area (Å²) in [6.07, 6.45) is 2.75. The van der Waals surface area contributed by atoms with Gasteiger partial charge in [-0.05, 0) is 35.5 Å². The van der Waals surface area contributed by atoms with Crippen molar-refractivity contribution in [3.63, 3.8) is 0 Å². The van der Waals surface area contributed by atoms with Crippen molar-refractivity contribution >= 4 is 5.69 Å². The first-order chi connectivity index (χ1) is 8.43. The van der Waals surface area contributed by atoms with Crippen LogP contribution in [0.2, 0.25) is 0 Å². The van der Waals surface area contributed by atoms with Crippen LogP contribution in [0, 0.1) is 0 Å². The van der Waals surface area contributed by atoms with E-state index in [-0.39, 0.29) is 0 Å². The molecule has 1 aliphatic rings. The van der Waals surface area contributed by atoms with Crippen LogP contribution in [0.15, 0.2) is 30.6 Å². The van der Waals surface area contributed by atoms with Crippen LogP contribution < -0.4 is 10.6 Å². The van der Waals surface area contributed by atoms with Crippen molar-refractivity contribution in [2.75, 3.05) is 18.4 Å². The van der Waals surface area contributed by atoms with Crippen LogP contribution in [-0.4, -0.2) is 39.3 Å². The third-order valence-corrected chi connectivity index (χ3v) is 2.92. The third kappa shape index (κ3) is 2.12. The molecule has 2 heterocycles. The predicted octanol–water partition coefficient (Wildman–Crippen LogP) is 0.436. The molecule has 0 amide bonds. The summed E-state index contributed by atoms with van der Waals surface area (Å²) in [5, 5.41) is 18.1. The smallest absolute Gasteiger partial charge is 0.143 e. The average molecular weight is 230 g/mol. The minimum atomic E-state index is 0.479. The van der Waals surface area contributed by atoms with Gasteiger partial charge < -0.3 is 10.6 Å². The van der Waals surface area contributed by atoms with Crippen LogP contribution in [0.3, 0.4) is 0 Å². The van der Waals surface area contributed by atoms with Gasteiger partial charge in [-0.2, -0.15) is 4.68 Å². The molecule has 0 spiro atoms. The van der Waals surface area contributed by atoms with Crippen LogP contribution in [0.25, 0.3) is 5.69 Å². The zero-order valence-electron chi connectivity index (χ0n) is 9.37. The van der Waals surface area contributed by atoms with Crippen LogP contribution in [0.5, 0.6) is 0 Å². The number of rotatable bonds is 3. The topological polar surface area (TPSA) is 67.7 Å². The molecule has 1 aromatic carbocycles. The van der Waals surface area contributed by atoms with Crippen molar-refractivity contribution in [1.29, 1.82) is 0 Å². The summed E-state index contributed by atoms with van der Waals surface area (Å²) in [7, 11) is 0. The molecule has 0 bridgehead atoms. The minimum Gasteiger partial charge on any atom is -0.379 e. The molecule has 1 aromatic heterocycles. The second kappa shape index (κ2) is 4.50. The van der Waals surface area contributed by atoms with Crippen molar-refractivity contribution in [3.8, 4) is 5.69 Å². The summed E-state index contributed by atoms with van der Waals surface area (Å²) >= 11 is 0. The van der Waals surface area contributed by atoms with Crippen LogP contribution in [0.4, 0.5) is 5.69 Å². The zero-order valence-corrected chi connectivity index (χ0v) is 9.37. The summed E-state index contributed by atoms with van der Waals surface area (Å²) in [4.78, 5) is 0. The molecule has 2 N–H and O–H groups in total. The van der Waals surface area contributed by atoms with Crippen LogP contribution in [0.1, 0.15) is 6.42 Å². The molecule has 1 aliphatic heterocycles. The van der Waals surface area contributed by atoms with E-state index < -0.39 is 0 Å². The fourth-order valence-electron chi connectivity index (χ4n) is 2.06. The van der Waals surface area contributed by atoms with Crippen molar-refractivity contribution in [3.05, 3.63) is 30.6 Å². The highest BCUT2D eigenvalue weighted by Gasteiger charge is 2.15. The number of tetrazole rings is 1. The number of hydrogen-bond donors (Lipinski definition) is 2. The number of nitrogens with one attached hydrogen (secondary N) is 2. The Bertz CT molecular complexity index is 474. The summed E-state index contributed by atoms with van der Waals surface area (Å²) in [5.41, 5.74) is 2.04. The second-order valence-corrected chi connectivity index (χ2v) is 4.11. The molecular weight excluding hydrogens is 216 g/mol. The van der Waals surface area contributed by atoms with Crippen LogP contribution >= 0.6 is 0 Å². The molecule has 3 rings (SSSR count). The molecule has 6 nitrogen and oxygen atoms in total. The second-order valence-electron chi connectivity index (χ2n) is 4.11. The van der Waals surface area contributed by atoms with E-state index in [0.717, 1.165) is 30.9 Å².